The molecule has 0 aliphatic carbocycles. The van der Waals surface area contributed by atoms with E-state index in [1.807, 2.05) is 0 Å². The molecule has 10 nitrogen and oxygen atoms in total. The first-order valence-electron chi connectivity index (χ1n) is 7.80. The van der Waals surface area contributed by atoms with Crippen LogP contribution in [0.2, 0.25) is 0 Å². The molecule has 10 heteroatoms. The monoisotopic (exact) mass is 359 g/mol. The number of carbonyl (C=O) groups is 5. The molecule has 0 rings (SSSR count). The lowest BCUT2D eigenvalue weighted by atomic mass is 10.0. The smallest absolute Gasteiger partial charge is 0.326 e. The summed E-state index contributed by atoms with van der Waals surface area (Å²) in [5.41, 5.74) is 0. The fourth-order valence-electron chi connectivity index (χ4n) is 1.80. The van der Waals surface area contributed by atoms with Gasteiger partial charge in [-0.05, 0) is 19.8 Å². The van der Waals surface area contributed by atoms with E-state index in [0.29, 0.717) is 0 Å². The van der Waals surface area contributed by atoms with Crippen molar-refractivity contribution in [3.05, 3.63) is 0 Å². The summed E-state index contributed by atoms with van der Waals surface area (Å²) in [6.07, 6.45) is -0.623. The maximum atomic E-state index is 12.0. The molecule has 0 saturated carbocycles. The number of rotatable bonds is 10. The average Bonchev–Trinajstić information content (AvgIpc) is 2.49. The van der Waals surface area contributed by atoms with Crippen LogP contribution in [-0.2, 0) is 24.0 Å². The number of nitrogens with one attached hydrogen (secondary N) is 3. The number of amides is 3. The van der Waals surface area contributed by atoms with Crippen LogP contribution in [-0.4, -0.2) is 58.0 Å². The van der Waals surface area contributed by atoms with Crippen molar-refractivity contribution in [2.24, 2.45) is 5.92 Å². The maximum Gasteiger partial charge on any atom is 0.326 e. The maximum absolute atomic E-state index is 12.0. The summed E-state index contributed by atoms with van der Waals surface area (Å²) < 4.78 is 0. The van der Waals surface area contributed by atoms with E-state index >= 15 is 0 Å². The van der Waals surface area contributed by atoms with Crippen molar-refractivity contribution in [3.8, 4) is 0 Å². The fourth-order valence-corrected chi connectivity index (χ4v) is 1.80. The predicted octanol–water partition coefficient (Wildman–Crippen LogP) is -0.914. The Balaban J connectivity index is 4.52. The SMILES string of the molecule is CC(C)[C@H](NC(=O)[C@H](C)NC(=O)[C@H](C)NC(=O)CCC(=O)O)C(=O)O. The van der Waals surface area contributed by atoms with Crippen LogP contribution < -0.4 is 16.0 Å². The molecule has 3 atom stereocenters. The molecule has 0 radical (unpaired) electrons. The largest absolute Gasteiger partial charge is 0.481 e. The van der Waals surface area contributed by atoms with E-state index in [0.717, 1.165) is 0 Å². The van der Waals surface area contributed by atoms with Crippen LogP contribution >= 0.6 is 0 Å². The van der Waals surface area contributed by atoms with Crippen molar-refractivity contribution in [2.45, 2.75) is 58.7 Å². The van der Waals surface area contributed by atoms with Crippen LogP contribution in [0.15, 0.2) is 0 Å². The van der Waals surface area contributed by atoms with E-state index in [4.69, 9.17) is 10.2 Å². The molecule has 0 aliphatic heterocycles. The zero-order valence-corrected chi connectivity index (χ0v) is 14.7. The average molecular weight is 359 g/mol. The number of aliphatic carboxylic acids is 2. The van der Waals surface area contributed by atoms with Crippen LogP contribution in [0.25, 0.3) is 0 Å². The summed E-state index contributed by atoms with van der Waals surface area (Å²) in [5, 5.41) is 24.5. The van der Waals surface area contributed by atoms with Crippen molar-refractivity contribution in [2.75, 3.05) is 0 Å². The van der Waals surface area contributed by atoms with Gasteiger partial charge in [0.25, 0.3) is 0 Å². The first-order valence-corrected chi connectivity index (χ1v) is 7.80. The highest BCUT2D eigenvalue weighted by Crippen LogP contribution is 2.02. The van der Waals surface area contributed by atoms with Gasteiger partial charge in [-0.2, -0.15) is 0 Å². The lowest BCUT2D eigenvalue weighted by molar-refractivity contribution is -0.143. The molecule has 0 saturated heterocycles. The molecule has 0 spiro atoms. The second-order valence-electron chi connectivity index (χ2n) is 5.98. The van der Waals surface area contributed by atoms with E-state index in [-0.39, 0.29) is 18.8 Å². The second kappa shape index (κ2) is 10.3. The van der Waals surface area contributed by atoms with Crippen LogP contribution in [0.1, 0.15) is 40.5 Å². The van der Waals surface area contributed by atoms with Crippen molar-refractivity contribution in [1.29, 1.82) is 0 Å². The highest BCUT2D eigenvalue weighted by atomic mass is 16.4. The third-order valence-electron chi connectivity index (χ3n) is 3.32. The Morgan fingerprint density at radius 3 is 1.68 bits per heavy atom. The molecule has 25 heavy (non-hydrogen) atoms. The van der Waals surface area contributed by atoms with Crippen LogP contribution in [0.4, 0.5) is 0 Å². The molecule has 142 valence electrons. The number of carboxylic acids is 2. The summed E-state index contributed by atoms with van der Waals surface area (Å²) >= 11 is 0. The Kier molecular flexibility index (Phi) is 9.18. The lowest BCUT2D eigenvalue weighted by Crippen LogP contribution is -2.54. The van der Waals surface area contributed by atoms with Gasteiger partial charge < -0.3 is 26.2 Å². The summed E-state index contributed by atoms with van der Waals surface area (Å²) in [7, 11) is 0. The topological polar surface area (TPSA) is 162 Å². The van der Waals surface area contributed by atoms with Gasteiger partial charge in [0.1, 0.15) is 18.1 Å². The summed E-state index contributed by atoms with van der Waals surface area (Å²) in [4.78, 5) is 56.9. The number of hydrogen-bond donors (Lipinski definition) is 5. The zero-order valence-electron chi connectivity index (χ0n) is 14.7. The lowest BCUT2D eigenvalue weighted by Gasteiger charge is -2.22. The van der Waals surface area contributed by atoms with E-state index in [1.54, 1.807) is 13.8 Å². The van der Waals surface area contributed by atoms with E-state index in [9.17, 15) is 24.0 Å². The zero-order chi connectivity index (χ0) is 19.7. The minimum atomic E-state index is -1.18. The first kappa shape index (κ1) is 22.4. The molecule has 0 aromatic heterocycles. The number of hydrogen-bond acceptors (Lipinski definition) is 5. The Morgan fingerprint density at radius 2 is 1.24 bits per heavy atom. The molecule has 0 aliphatic rings. The molecule has 0 heterocycles. The van der Waals surface area contributed by atoms with Crippen molar-refractivity contribution in [3.63, 3.8) is 0 Å². The molecular formula is C15H25N3O7. The Morgan fingerprint density at radius 1 is 0.760 bits per heavy atom. The molecule has 0 aromatic carbocycles. The van der Waals surface area contributed by atoms with Gasteiger partial charge >= 0.3 is 11.9 Å². The predicted molar refractivity (Wildman–Crippen MR) is 86.5 cm³/mol. The number of carboxylic acid groups (broad SMARTS) is 2. The Labute approximate surface area is 145 Å². The number of carbonyl (C=O) groups excluding carboxylic acids is 3. The van der Waals surface area contributed by atoms with Crippen molar-refractivity contribution < 1.29 is 34.2 Å². The summed E-state index contributed by atoms with van der Waals surface area (Å²) in [6, 6.07) is -3.07. The highest BCUT2D eigenvalue weighted by molar-refractivity contribution is 5.93. The summed E-state index contributed by atoms with van der Waals surface area (Å²) in [6.45, 7) is 6.03. The van der Waals surface area contributed by atoms with Crippen LogP contribution in [0.5, 0.6) is 0 Å². The summed E-state index contributed by atoms with van der Waals surface area (Å²) in [5.74, 6) is -4.57. The normalized spacial score (nSPS) is 14.1. The molecule has 3 amide bonds. The van der Waals surface area contributed by atoms with Crippen LogP contribution in [0.3, 0.4) is 0 Å². The van der Waals surface area contributed by atoms with Gasteiger partial charge in [-0.15, -0.1) is 0 Å². The minimum Gasteiger partial charge on any atom is -0.481 e. The van der Waals surface area contributed by atoms with E-state index in [2.05, 4.69) is 16.0 Å². The Hall–Kier alpha value is -2.65. The van der Waals surface area contributed by atoms with Crippen molar-refractivity contribution in [1.82, 2.24) is 16.0 Å². The highest BCUT2D eigenvalue weighted by Gasteiger charge is 2.27. The van der Waals surface area contributed by atoms with E-state index in [1.165, 1.54) is 13.8 Å². The van der Waals surface area contributed by atoms with Crippen LogP contribution in [0, 0.1) is 5.92 Å². The molecule has 5 N–H and O–H groups in total. The molecule has 0 fully saturated rings. The second-order valence-corrected chi connectivity index (χ2v) is 5.98. The van der Waals surface area contributed by atoms with Gasteiger partial charge in [0.2, 0.25) is 17.7 Å². The fraction of sp³-hybridized carbons (Fsp3) is 0.667. The molecule has 0 aromatic rings. The standard InChI is InChI=1S/C15H25N3O7/c1-7(2)12(15(24)25)18-14(23)9(4)17-13(22)8(3)16-10(19)5-6-11(20)21/h7-9,12H,5-6H2,1-4H3,(H,16,19)(H,17,22)(H,18,23)(H,20,21)(H,24,25)/t8-,9-,12-/m0/s1. The molecule has 0 unspecified atom stereocenters. The van der Waals surface area contributed by atoms with Gasteiger partial charge in [-0.25, -0.2) is 4.79 Å². The van der Waals surface area contributed by atoms with Gasteiger partial charge in [0, 0.05) is 6.42 Å². The molecular weight excluding hydrogens is 334 g/mol. The Bertz CT molecular complexity index is 533. The van der Waals surface area contributed by atoms with Gasteiger partial charge in [0.15, 0.2) is 0 Å². The van der Waals surface area contributed by atoms with Gasteiger partial charge in [-0.1, -0.05) is 13.8 Å². The quantitative estimate of drug-likeness (QED) is 0.337. The third kappa shape index (κ3) is 8.68. The molecule has 0 bridgehead atoms. The van der Waals surface area contributed by atoms with Crippen molar-refractivity contribution >= 4 is 29.7 Å². The minimum absolute atomic E-state index is 0.266. The van der Waals surface area contributed by atoms with E-state index < -0.39 is 47.8 Å². The third-order valence-corrected chi connectivity index (χ3v) is 3.32. The van der Waals surface area contributed by atoms with Gasteiger partial charge in [-0.3, -0.25) is 19.2 Å². The van der Waals surface area contributed by atoms with Gasteiger partial charge in [0.05, 0.1) is 6.42 Å². The first-order chi connectivity index (χ1) is 11.5.